The number of nitrogens with one attached hydrogen (secondary N) is 1. The molecule has 3 heteroatoms. The van der Waals surface area contributed by atoms with Crippen molar-refractivity contribution in [2.75, 3.05) is 25.0 Å². The van der Waals surface area contributed by atoms with Crippen LogP contribution in [0.2, 0.25) is 0 Å². The molecule has 1 unspecified atom stereocenters. The largest absolute Gasteiger partial charge is 0.370 e. The lowest BCUT2D eigenvalue weighted by Gasteiger charge is -2.27. The fourth-order valence-electron chi connectivity index (χ4n) is 2.18. The van der Waals surface area contributed by atoms with Gasteiger partial charge in [-0.05, 0) is 38.4 Å². The molecule has 2 rings (SSSR count). The number of nitrogens with zero attached hydrogens (tertiary/aromatic N) is 2. The van der Waals surface area contributed by atoms with Crippen LogP contribution in [-0.4, -0.2) is 31.2 Å². The van der Waals surface area contributed by atoms with Gasteiger partial charge >= 0.3 is 0 Å². The van der Waals surface area contributed by atoms with Gasteiger partial charge in [-0.1, -0.05) is 0 Å². The number of pyridine rings is 1. The highest BCUT2D eigenvalue weighted by molar-refractivity contribution is 5.54. The Hall–Kier alpha value is -1.09. The molecule has 1 N–H and O–H groups in total. The number of anilines is 1. The Balaban J connectivity index is 2.24. The first-order valence-electron chi connectivity index (χ1n) is 5.56. The highest BCUT2D eigenvalue weighted by Gasteiger charge is 2.20. The van der Waals surface area contributed by atoms with Crippen LogP contribution in [-0.2, 0) is 0 Å². The van der Waals surface area contributed by atoms with Gasteiger partial charge in [0.1, 0.15) is 0 Å². The predicted octanol–water partition coefficient (Wildman–Crippen LogP) is 1.50. The molecule has 0 aromatic carbocycles. The van der Waals surface area contributed by atoms with Crippen molar-refractivity contribution in [3.8, 4) is 0 Å². The third-order valence-electron chi connectivity index (χ3n) is 3.39. The minimum atomic E-state index is 0.630. The number of aryl methyl sites for hydroxylation is 1. The first kappa shape index (κ1) is 10.4. The molecule has 1 atom stereocenters. The molecule has 0 saturated carbocycles. The monoisotopic (exact) mass is 205 g/mol. The van der Waals surface area contributed by atoms with E-state index in [-0.39, 0.29) is 0 Å². The Kier molecular flexibility index (Phi) is 2.91. The van der Waals surface area contributed by atoms with Gasteiger partial charge in [-0.2, -0.15) is 0 Å². The van der Waals surface area contributed by atoms with Crippen molar-refractivity contribution in [2.45, 2.75) is 26.3 Å². The number of hydrogen-bond acceptors (Lipinski definition) is 3. The molecule has 1 aromatic heterocycles. The van der Waals surface area contributed by atoms with Gasteiger partial charge in [0.05, 0.1) is 0 Å². The van der Waals surface area contributed by atoms with Crippen LogP contribution in [0.4, 0.5) is 5.69 Å². The SMILES string of the molecule is Cc1nccc(N(C)C2CCNC2)c1C. The van der Waals surface area contributed by atoms with Crippen molar-refractivity contribution in [1.29, 1.82) is 0 Å². The molecule has 1 aliphatic heterocycles. The van der Waals surface area contributed by atoms with Crippen LogP contribution >= 0.6 is 0 Å². The van der Waals surface area contributed by atoms with Gasteiger partial charge < -0.3 is 10.2 Å². The van der Waals surface area contributed by atoms with Gasteiger partial charge in [-0.15, -0.1) is 0 Å². The lowest BCUT2D eigenvalue weighted by molar-refractivity contribution is 0.683. The maximum atomic E-state index is 4.31. The molecular weight excluding hydrogens is 186 g/mol. The molecule has 2 heterocycles. The van der Waals surface area contributed by atoms with E-state index in [1.54, 1.807) is 0 Å². The third-order valence-corrected chi connectivity index (χ3v) is 3.39. The van der Waals surface area contributed by atoms with E-state index in [1.807, 2.05) is 6.20 Å². The van der Waals surface area contributed by atoms with Crippen LogP contribution < -0.4 is 10.2 Å². The molecule has 1 aliphatic rings. The molecule has 0 spiro atoms. The molecule has 1 saturated heterocycles. The minimum Gasteiger partial charge on any atom is -0.370 e. The highest BCUT2D eigenvalue weighted by Crippen LogP contribution is 2.23. The normalized spacial score (nSPS) is 20.6. The van der Waals surface area contributed by atoms with Gasteiger partial charge in [0, 0.05) is 37.2 Å². The summed E-state index contributed by atoms with van der Waals surface area (Å²) in [5, 5.41) is 3.40. The molecular formula is C12H19N3. The molecule has 0 bridgehead atoms. The first-order chi connectivity index (χ1) is 7.20. The number of rotatable bonds is 2. The van der Waals surface area contributed by atoms with E-state index in [4.69, 9.17) is 0 Å². The summed E-state index contributed by atoms with van der Waals surface area (Å²) < 4.78 is 0. The lowest BCUT2D eigenvalue weighted by atomic mass is 10.1. The fraction of sp³-hybridized carbons (Fsp3) is 0.583. The third kappa shape index (κ3) is 1.97. The molecule has 1 aromatic rings. The van der Waals surface area contributed by atoms with Crippen LogP contribution in [0.25, 0.3) is 0 Å². The van der Waals surface area contributed by atoms with Crippen LogP contribution in [0.5, 0.6) is 0 Å². The second kappa shape index (κ2) is 4.19. The lowest BCUT2D eigenvalue weighted by Crippen LogP contribution is -2.33. The summed E-state index contributed by atoms with van der Waals surface area (Å²) in [4.78, 5) is 6.69. The zero-order valence-electron chi connectivity index (χ0n) is 9.75. The van der Waals surface area contributed by atoms with Crippen molar-refractivity contribution in [2.24, 2.45) is 0 Å². The zero-order valence-corrected chi connectivity index (χ0v) is 9.75. The van der Waals surface area contributed by atoms with Crippen LogP contribution in [0, 0.1) is 13.8 Å². The van der Waals surface area contributed by atoms with Crippen molar-refractivity contribution in [1.82, 2.24) is 10.3 Å². The van der Waals surface area contributed by atoms with E-state index in [2.05, 4.69) is 42.2 Å². The highest BCUT2D eigenvalue weighted by atomic mass is 15.2. The maximum Gasteiger partial charge on any atom is 0.0429 e. The predicted molar refractivity (Wildman–Crippen MR) is 63.4 cm³/mol. The first-order valence-corrected chi connectivity index (χ1v) is 5.56. The van der Waals surface area contributed by atoms with Gasteiger partial charge in [0.25, 0.3) is 0 Å². The summed E-state index contributed by atoms with van der Waals surface area (Å²) in [5.74, 6) is 0. The number of likely N-dealkylation sites (N-methyl/N-ethyl adjacent to an activating group) is 1. The zero-order chi connectivity index (χ0) is 10.8. The molecule has 82 valence electrons. The van der Waals surface area contributed by atoms with E-state index >= 15 is 0 Å². The smallest absolute Gasteiger partial charge is 0.0429 e. The number of aromatic nitrogens is 1. The van der Waals surface area contributed by atoms with Gasteiger partial charge in [-0.25, -0.2) is 0 Å². The molecule has 3 nitrogen and oxygen atoms in total. The van der Waals surface area contributed by atoms with E-state index in [1.165, 1.54) is 17.7 Å². The second-order valence-electron chi connectivity index (χ2n) is 4.30. The van der Waals surface area contributed by atoms with E-state index in [0.717, 1.165) is 18.8 Å². The van der Waals surface area contributed by atoms with E-state index in [0.29, 0.717) is 6.04 Å². The summed E-state index contributed by atoms with van der Waals surface area (Å²) in [6.45, 7) is 6.45. The Morgan fingerprint density at radius 1 is 1.47 bits per heavy atom. The summed E-state index contributed by atoms with van der Waals surface area (Å²) >= 11 is 0. The van der Waals surface area contributed by atoms with Crippen molar-refractivity contribution < 1.29 is 0 Å². The van der Waals surface area contributed by atoms with Gasteiger partial charge in [0.2, 0.25) is 0 Å². The average Bonchev–Trinajstić information content (AvgIpc) is 2.74. The maximum absolute atomic E-state index is 4.31. The molecule has 0 aliphatic carbocycles. The number of hydrogen-bond donors (Lipinski definition) is 1. The van der Waals surface area contributed by atoms with Crippen molar-refractivity contribution in [3.05, 3.63) is 23.5 Å². The van der Waals surface area contributed by atoms with Gasteiger partial charge in [0.15, 0.2) is 0 Å². The Morgan fingerprint density at radius 3 is 2.93 bits per heavy atom. The van der Waals surface area contributed by atoms with E-state index in [9.17, 15) is 0 Å². The summed E-state index contributed by atoms with van der Waals surface area (Å²) in [6.07, 6.45) is 3.13. The van der Waals surface area contributed by atoms with Gasteiger partial charge in [-0.3, -0.25) is 4.98 Å². The average molecular weight is 205 g/mol. The minimum absolute atomic E-state index is 0.630. The standard InChI is InChI=1S/C12H19N3/c1-9-10(2)14-7-5-12(9)15(3)11-4-6-13-8-11/h5,7,11,13H,4,6,8H2,1-3H3. The van der Waals surface area contributed by atoms with Crippen molar-refractivity contribution in [3.63, 3.8) is 0 Å². The van der Waals surface area contributed by atoms with E-state index < -0.39 is 0 Å². The van der Waals surface area contributed by atoms with Crippen molar-refractivity contribution >= 4 is 5.69 Å². The van der Waals surface area contributed by atoms with Crippen LogP contribution in [0.15, 0.2) is 12.3 Å². The quantitative estimate of drug-likeness (QED) is 0.793. The topological polar surface area (TPSA) is 28.2 Å². The summed E-state index contributed by atoms with van der Waals surface area (Å²) in [7, 11) is 2.18. The summed E-state index contributed by atoms with van der Waals surface area (Å²) in [6, 6.07) is 2.74. The second-order valence-corrected chi connectivity index (χ2v) is 4.30. The molecule has 15 heavy (non-hydrogen) atoms. The van der Waals surface area contributed by atoms with Crippen LogP contribution in [0.1, 0.15) is 17.7 Å². The Bertz CT molecular complexity index is 343. The molecule has 1 fully saturated rings. The fourth-order valence-corrected chi connectivity index (χ4v) is 2.18. The summed E-state index contributed by atoms with van der Waals surface area (Å²) in [5.41, 5.74) is 3.74. The Morgan fingerprint density at radius 2 is 2.27 bits per heavy atom. The van der Waals surface area contributed by atoms with Crippen LogP contribution in [0.3, 0.4) is 0 Å². The Labute approximate surface area is 91.5 Å². The molecule has 0 radical (unpaired) electrons. The molecule has 0 amide bonds.